The van der Waals surface area contributed by atoms with E-state index < -0.39 is 10.0 Å². The van der Waals surface area contributed by atoms with Crippen LogP contribution in [0.25, 0.3) is 0 Å². The summed E-state index contributed by atoms with van der Waals surface area (Å²) in [5, 5.41) is 3.27. The Morgan fingerprint density at radius 3 is 2.84 bits per heavy atom. The number of sulfonamides is 1. The molecule has 106 valence electrons. The van der Waals surface area contributed by atoms with Crippen LogP contribution in [0, 0.1) is 0 Å². The second kappa shape index (κ2) is 6.63. The number of hydrogen-bond donors (Lipinski definition) is 2. The Bertz CT molecular complexity index is 511. The van der Waals surface area contributed by atoms with Crippen LogP contribution in [-0.4, -0.2) is 33.0 Å². The van der Waals surface area contributed by atoms with Crippen LogP contribution in [0.15, 0.2) is 29.2 Å². The van der Waals surface area contributed by atoms with E-state index in [2.05, 4.69) is 10.0 Å². The molecule has 6 heteroatoms. The summed E-state index contributed by atoms with van der Waals surface area (Å²) < 4.78 is 27.0. The fourth-order valence-electron chi connectivity index (χ4n) is 2.27. The van der Waals surface area contributed by atoms with E-state index in [0.29, 0.717) is 5.69 Å². The van der Waals surface area contributed by atoms with Crippen LogP contribution in [0.2, 0.25) is 0 Å². The van der Waals surface area contributed by atoms with E-state index in [-0.39, 0.29) is 11.8 Å². The zero-order valence-electron chi connectivity index (χ0n) is 11.1. The van der Waals surface area contributed by atoms with Crippen LogP contribution in [0.5, 0.6) is 0 Å². The second-order valence-electron chi connectivity index (χ2n) is 4.73. The number of benzene rings is 1. The van der Waals surface area contributed by atoms with E-state index in [1.165, 1.54) is 11.8 Å². The van der Waals surface area contributed by atoms with Gasteiger partial charge in [-0.15, -0.1) is 11.8 Å². The van der Waals surface area contributed by atoms with Gasteiger partial charge in [0.1, 0.15) is 0 Å². The van der Waals surface area contributed by atoms with E-state index in [1.807, 2.05) is 24.5 Å². The molecule has 1 unspecified atom stereocenters. The SMILES string of the molecule is CSc1ccccc1NS(=O)(=O)CC1CCCCN1. The minimum Gasteiger partial charge on any atom is -0.313 e. The zero-order chi connectivity index (χ0) is 13.7. The first-order valence-corrected chi connectivity index (χ1v) is 9.35. The molecular weight excluding hydrogens is 280 g/mol. The quantitative estimate of drug-likeness (QED) is 0.819. The fourth-order valence-corrected chi connectivity index (χ4v) is 4.30. The smallest absolute Gasteiger partial charge is 0.234 e. The van der Waals surface area contributed by atoms with Crippen LogP contribution in [0.1, 0.15) is 19.3 Å². The summed E-state index contributed by atoms with van der Waals surface area (Å²) in [7, 11) is -3.29. The van der Waals surface area contributed by atoms with E-state index in [1.54, 1.807) is 6.07 Å². The highest BCUT2D eigenvalue weighted by atomic mass is 32.2. The Labute approximate surface area is 119 Å². The molecule has 1 aromatic rings. The Morgan fingerprint density at radius 2 is 2.16 bits per heavy atom. The minimum atomic E-state index is -3.29. The Hall–Kier alpha value is -0.720. The molecule has 2 rings (SSSR count). The molecule has 0 bridgehead atoms. The standard InChI is InChI=1S/C13H20N2O2S2/c1-18-13-8-3-2-7-12(13)15-19(16,17)10-11-6-4-5-9-14-11/h2-3,7-8,11,14-15H,4-6,9-10H2,1H3. The predicted molar refractivity (Wildman–Crippen MR) is 81.3 cm³/mol. The molecule has 4 nitrogen and oxygen atoms in total. The summed E-state index contributed by atoms with van der Waals surface area (Å²) in [6, 6.07) is 7.55. The number of rotatable bonds is 5. The summed E-state index contributed by atoms with van der Waals surface area (Å²) in [5.74, 6) is 0.149. The van der Waals surface area contributed by atoms with Crippen molar-refractivity contribution in [3.8, 4) is 0 Å². The Morgan fingerprint density at radius 1 is 1.37 bits per heavy atom. The topological polar surface area (TPSA) is 58.2 Å². The van der Waals surface area contributed by atoms with E-state index in [9.17, 15) is 8.42 Å². The average Bonchev–Trinajstić information content (AvgIpc) is 2.39. The highest BCUT2D eigenvalue weighted by Gasteiger charge is 2.21. The van der Waals surface area contributed by atoms with Crippen molar-refractivity contribution < 1.29 is 8.42 Å². The average molecular weight is 300 g/mol. The summed E-state index contributed by atoms with van der Waals surface area (Å²) in [6.45, 7) is 0.918. The van der Waals surface area contributed by atoms with Gasteiger partial charge < -0.3 is 5.32 Å². The van der Waals surface area contributed by atoms with Gasteiger partial charge in [-0.05, 0) is 37.8 Å². The third-order valence-electron chi connectivity index (χ3n) is 3.21. The van der Waals surface area contributed by atoms with Crippen molar-refractivity contribution >= 4 is 27.5 Å². The van der Waals surface area contributed by atoms with Crippen molar-refractivity contribution in [3.05, 3.63) is 24.3 Å². The molecular formula is C13H20N2O2S2. The summed E-state index contributed by atoms with van der Waals surface area (Å²) in [4.78, 5) is 0.947. The molecule has 1 aliphatic rings. The molecule has 2 N–H and O–H groups in total. The normalized spacial score (nSPS) is 20.2. The lowest BCUT2D eigenvalue weighted by Gasteiger charge is -2.23. The van der Waals surface area contributed by atoms with Gasteiger partial charge in [0.15, 0.2) is 0 Å². The molecule has 0 saturated carbocycles. The molecule has 1 aromatic carbocycles. The maximum Gasteiger partial charge on any atom is 0.234 e. The van der Waals surface area contributed by atoms with Gasteiger partial charge in [0, 0.05) is 10.9 Å². The molecule has 0 spiro atoms. The van der Waals surface area contributed by atoms with Crippen molar-refractivity contribution in [2.24, 2.45) is 0 Å². The van der Waals surface area contributed by atoms with E-state index in [4.69, 9.17) is 0 Å². The lowest BCUT2D eigenvalue weighted by Crippen LogP contribution is -2.40. The first-order valence-electron chi connectivity index (χ1n) is 6.47. The predicted octanol–water partition coefficient (Wildman–Crippen LogP) is 2.29. The van der Waals surface area contributed by atoms with E-state index >= 15 is 0 Å². The van der Waals surface area contributed by atoms with Crippen LogP contribution in [0.3, 0.4) is 0 Å². The van der Waals surface area contributed by atoms with Crippen molar-refractivity contribution in [3.63, 3.8) is 0 Å². The molecule has 0 aliphatic carbocycles. The summed E-state index contributed by atoms with van der Waals surface area (Å²) >= 11 is 1.54. The maximum absolute atomic E-state index is 12.2. The van der Waals surface area contributed by atoms with Crippen LogP contribution < -0.4 is 10.0 Å². The third-order valence-corrected chi connectivity index (χ3v) is 5.37. The number of nitrogens with one attached hydrogen (secondary N) is 2. The van der Waals surface area contributed by atoms with Crippen molar-refractivity contribution in [1.29, 1.82) is 0 Å². The van der Waals surface area contributed by atoms with E-state index in [0.717, 1.165) is 30.7 Å². The summed E-state index contributed by atoms with van der Waals surface area (Å²) in [6.07, 6.45) is 5.12. The number of piperidine rings is 1. The Kier molecular flexibility index (Phi) is 5.13. The minimum absolute atomic E-state index is 0.0766. The highest BCUT2D eigenvalue weighted by Crippen LogP contribution is 2.25. The zero-order valence-corrected chi connectivity index (χ0v) is 12.7. The molecule has 1 atom stereocenters. The number of para-hydroxylation sites is 1. The second-order valence-corrected chi connectivity index (χ2v) is 7.35. The number of anilines is 1. The molecule has 0 aromatic heterocycles. The van der Waals surface area contributed by atoms with Crippen LogP contribution in [-0.2, 0) is 10.0 Å². The molecule has 0 radical (unpaired) electrons. The lowest BCUT2D eigenvalue weighted by atomic mass is 10.1. The monoisotopic (exact) mass is 300 g/mol. The van der Waals surface area contributed by atoms with Crippen molar-refractivity contribution in [1.82, 2.24) is 5.32 Å². The summed E-state index contributed by atoms with van der Waals surface area (Å²) in [5.41, 5.74) is 0.672. The number of hydrogen-bond acceptors (Lipinski definition) is 4. The number of thioether (sulfide) groups is 1. The molecule has 1 aliphatic heterocycles. The van der Waals surface area contributed by atoms with Gasteiger partial charge in [0.05, 0.1) is 11.4 Å². The van der Waals surface area contributed by atoms with Gasteiger partial charge in [0.2, 0.25) is 10.0 Å². The highest BCUT2D eigenvalue weighted by molar-refractivity contribution is 7.99. The fraction of sp³-hybridized carbons (Fsp3) is 0.538. The van der Waals surface area contributed by atoms with Gasteiger partial charge in [-0.3, -0.25) is 4.72 Å². The Balaban J connectivity index is 2.03. The largest absolute Gasteiger partial charge is 0.313 e. The first kappa shape index (κ1) is 14.7. The third kappa shape index (κ3) is 4.40. The lowest BCUT2D eigenvalue weighted by molar-refractivity contribution is 0.424. The maximum atomic E-state index is 12.2. The van der Waals surface area contributed by atoms with Gasteiger partial charge in [0.25, 0.3) is 0 Å². The van der Waals surface area contributed by atoms with Gasteiger partial charge >= 0.3 is 0 Å². The molecule has 1 saturated heterocycles. The van der Waals surface area contributed by atoms with Crippen molar-refractivity contribution in [2.45, 2.75) is 30.2 Å². The van der Waals surface area contributed by atoms with Crippen molar-refractivity contribution in [2.75, 3.05) is 23.3 Å². The van der Waals surface area contributed by atoms with Crippen LogP contribution in [0.4, 0.5) is 5.69 Å². The molecule has 1 heterocycles. The van der Waals surface area contributed by atoms with Gasteiger partial charge in [-0.1, -0.05) is 18.6 Å². The first-order chi connectivity index (χ1) is 9.11. The molecule has 0 amide bonds. The van der Waals surface area contributed by atoms with Crippen LogP contribution >= 0.6 is 11.8 Å². The molecule has 19 heavy (non-hydrogen) atoms. The molecule has 1 fully saturated rings. The van der Waals surface area contributed by atoms with Gasteiger partial charge in [-0.2, -0.15) is 0 Å². The van der Waals surface area contributed by atoms with Gasteiger partial charge in [-0.25, -0.2) is 8.42 Å².